The molecule has 1 saturated heterocycles. The van der Waals surface area contributed by atoms with Crippen LogP contribution in [-0.2, 0) is 0 Å². The third-order valence-corrected chi connectivity index (χ3v) is 4.35. The molecule has 0 spiro atoms. The predicted molar refractivity (Wildman–Crippen MR) is 81.1 cm³/mol. The zero-order chi connectivity index (χ0) is 13.9. The minimum atomic E-state index is 0.0400. The van der Waals surface area contributed by atoms with Crippen LogP contribution in [0, 0.1) is 0 Å². The van der Waals surface area contributed by atoms with E-state index in [9.17, 15) is 4.79 Å². The summed E-state index contributed by atoms with van der Waals surface area (Å²) in [6.45, 7) is 3.00. The third-order valence-electron chi connectivity index (χ3n) is 3.43. The van der Waals surface area contributed by atoms with Gasteiger partial charge in [-0.3, -0.25) is 4.79 Å². The van der Waals surface area contributed by atoms with Crippen LogP contribution in [0.4, 0.5) is 11.5 Å². The second kappa shape index (κ2) is 5.50. The summed E-state index contributed by atoms with van der Waals surface area (Å²) in [5, 5.41) is 1.85. The highest BCUT2D eigenvalue weighted by atomic mass is 32.1. The Labute approximate surface area is 121 Å². The van der Waals surface area contributed by atoms with Crippen molar-refractivity contribution in [3.8, 4) is 0 Å². The normalized spacial score (nSPS) is 15.4. The van der Waals surface area contributed by atoms with E-state index < -0.39 is 0 Å². The molecule has 0 bridgehead atoms. The Balaban J connectivity index is 1.64. The summed E-state index contributed by atoms with van der Waals surface area (Å²) in [6.07, 6.45) is 1.79. The van der Waals surface area contributed by atoms with Gasteiger partial charge in [-0.05, 0) is 23.6 Å². The number of aromatic nitrogens is 1. The molecule has 0 atom stereocenters. The van der Waals surface area contributed by atoms with Crippen molar-refractivity contribution in [1.82, 2.24) is 9.88 Å². The fraction of sp³-hybridized carbons (Fsp3) is 0.286. The van der Waals surface area contributed by atoms with Gasteiger partial charge in [-0.1, -0.05) is 6.07 Å². The molecular formula is C14H16N4OS. The minimum absolute atomic E-state index is 0.0400. The maximum Gasteiger partial charge on any atom is 0.266 e. The van der Waals surface area contributed by atoms with Gasteiger partial charge in [-0.15, -0.1) is 11.3 Å². The molecule has 1 fully saturated rings. The number of amides is 1. The number of carbonyl (C=O) groups is 1. The molecule has 6 heteroatoms. The number of nitrogens with two attached hydrogens (primary N) is 1. The van der Waals surface area contributed by atoms with Gasteiger partial charge in [-0.2, -0.15) is 0 Å². The third kappa shape index (κ3) is 2.46. The van der Waals surface area contributed by atoms with Crippen LogP contribution in [0.15, 0.2) is 35.8 Å². The summed E-state index contributed by atoms with van der Waals surface area (Å²) in [7, 11) is 0. The summed E-state index contributed by atoms with van der Waals surface area (Å²) < 4.78 is 0. The molecule has 2 aromatic rings. The second-order valence-electron chi connectivity index (χ2n) is 4.67. The fourth-order valence-electron chi connectivity index (χ4n) is 2.32. The molecule has 2 aromatic heterocycles. The van der Waals surface area contributed by atoms with Crippen LogP contribution in [0.3, 0.4) is 0 Å². The Morgan fingerprint density at radius 1 is 1.20 bits per heavy atom. The summed E-state index contributed by atoms with van der Waals surface area (Å²) in [4.78, 5) is 21.4. The lowest BCUT2D eigenvalue weighted by atomic mass is 10.2. The first-order chi connectivity index (χ1) is 9.75. The van der Waals surface area contributed by atoms with Crippen LogP contribution in [0.1, 0.15) is 9.67 Å². The van der Waals surface area contributed by atoms with E-state index in [4.69, 9.17) is 5.73 Å². The lowest BCUT2D eigenvalue weighted by Gasteiger charge is -2.35. The van der Waals surface area contributed by atoms with Crippen LogP contribution in [0.25, 0.3) is 0 Å². The van der Waals surface area contributed by atoms with E-state index in [2.05, 4.69) is 9.88 Å². The first kappa shape index (κ1) is 12.9. The van der Waals surface area contributed by atoms with Crippen molar-refractivity contribution < 1.29 is 4.79 Å². The average Bonchev–Trinajstić information content (AvgIpc) is 2.94. The highest BCUT2D eigenvalue weighted by Crippen LogP contribution is 2.22. The van der Waals surface area contributed by atoms with Crippen LogP contribution in [0.2, 0.25) is 0 Å². The van der Waals surface area contributed by atoms with Gasteiger partial charge in [0, 0.05) is 32.4 Å². The Hall–Kier alpha value is -2.08. The Morgan fingerprint density at radius 2 is 2.00 bits per heavy atom. The van der Waals surface area contributed by atoms with Gasteiger partial charge in [0.2, 0.25) is 0 Å². The molecule has 0 aliphatic carbocycles. The van der Waals surface area contributed by atoms with Crippen LogP contribution < -0.4 is 10.6 Å². The van der Waals surface area contributed by atoms with E-state index in [-0.39, 0.29) is 5.91 Å². The molecule has 1 aliphatic heterocycles. The number of thiophene rings is 1. The molecule has 0 saturated carbocycles. The zero-order valence-corrected chi connectivity index (χ0v) is 11.8. The van der Waals surface area contributed by atoms with Crippen molar-refractivity contribution in [2.24, 2.45) is 0 Å². The SMILES string of the molecule is Nc1ccsc1C(=O)N1CCN(c2ccccn2)CC1. The molecule has 1 aliphatic rings. The van der Waals surface area contributed by atoms with E-state index in [0.717, 1.165) is 18.9 Å². The van der Waals surface area contributed by atoms with Crippen molar-refractivity contribution in [3.63, 3.8) is 0 Å². The van der Waals surface area contributed by atoms with Crippen LogP contribution >= 0.6 is 11.3 Å². The quantitative estimate of drug-likeness (QED) is 0.913. The predicted octanol–water partition coefficient (Wildman–Crippen LogP) is 1.69. The maximum absolute atomic E-state index is 12.3. The Kier molecular flexibility index (Phi) is 3.56. The molecule has 1 amide bonds. The van der Waals surface area contributed by atoms with E-state index in [1.165, 1.54) is 11.3 Å². The number of hydrogen-bond donors (Lipinski definition) is 1. The molecule has 20 heavy (non-hydrogen) atoms. The lowest BCUT2D eigenvalue weighted by Crippen LogP contribution is -2.49. The van der Waals surface area contributed by atoms with Crippen molar-refractivity contribution in [2.75, 3.05) is 36.8 Å². The minimum Gasteiger partial charge on any atom is -0.397 e. The van der Waals surface area contributed by atoms with Crippen molar-refractivity contribution in [3.05, 3.63) is 40.7 Å². The number of nitrogen functional groups attached to an aromatic ring is 1. The Bertz CT molecular complexity index is 590. The molecule has 3 heterocycles. The highest BCUT2D eigenvalue weighted by Gasteiger charge is 2.24. The summed E-state index contributed by atoms with van der Waals surface area (Å²) >= 11 is 1.41. The molecular weight excluding hydrogens is 272 g/mol. The molecule has 104 valence electrons. The van der Waals surface area contributed by atoms with Crippen molar-refractivity contribution in [2.45, 2.75) is 0 Å². The van der Waals surface area contributed by atoms with E-state index in [0.29, 0.717) is 23.7 Å². The number of piperazine rings is 1. The van der Waals surface area contributed by atoms with Gasteiger partial charge >= 0.3 is 0 Å². The van der Waals surface area contributed by atoms with Crippen molar-refractivity contribution in [1.29, 1.82) is 0 Å². The topological polar surface area (TPSA) is 62.5 Å². The lowest BCUT2D eigenvalue weighted by molar-refractivity contribution is 0.0752. The highest BCUT2D eigenvalue weighted by molar-refractivity contribution is 7.12. The van der Waals surface area contributed by atoms with Crippen LogP contribution in [-0.4, -0.2) is 42.0 Å². The van der Waals surface area contributed by atoms with Gasteiger partial charge in [0.1, 0.15) is 10.7 Å². The largest absolute Gasteiger partial charge is 0.397 e. The summed E-state index contributed by atoms with van der Waals surface area (Å²) in [6, 6.07) is 7.66. The molecule has 0 aromatic carbocycles. The summed E-state index contributed by atoms with van der Waals surface area (Å²) in [5.74, 6) is 1.01. The zero-order valence-electron chi connectivity index (χ0n) is 11.0. The number of nitrogens with zero attached hydrogens (tertiary/aromatic N) is 3. The molecule has 0 unspecified atom stereocenters. The van der Waals surface area contributed by atoms with Gasteiger partial charge in [0.15, 0.2) is 0 Å². The standard InChI is InChI=1S/C14H16N4OS/c15-11-4-10-20-13(11)14(19)18-8-6-17(7-9-18)12-3-1-2-5-16-12/h1-5,10H,6-9,15H2. The first-order valence-corrected chi connectivity index (χ1v) is 7.42. The number of hydrogen-bond acceptors (Lipinski definition) is 5. The number of carbonyl (C=O) groups excluding carboxylic acids is 1. The van der Waals surface area contributed by atoms with E-state index in [1.54, 1.807) is 12.3 Å². The molecule has 5 nitrogen and oxygen atoms in total. The van der Waals surface area contributed by atoms with Gasteiger partial charge in [0.05, 0.1) is 5.69 Å². The van der Waals surface area contributed by atoms with Gasteiger partial charge in [-0.25, -0.2) is 4.98 Å². The monoisotopic (exact) mass is 288 g/mol. The van der Waals surface area contributed by atoms with E-state index >= 15 is 0 Å². The molecule has 3 rings (SSSR count). The summed E-state index contributed by atoms with van der Waals surface area (Å²) in [5.41, 5.74) is 6.39. The van der Waals surface area contributed by atoms with Crippen LogP contribution in [0.5, 0.6) is 0 Å². The average molecular weight is 288 g/mol. The fourth-order valence-corrected chi connectivity index (χ4v) is 3.10. The first-order valence-electron chi connectivity index (χ1n) is 6.54. The number of anilines is 2. The van der Waals surface area contributed by atoms with Gasteiger partial charge in [0.25, 0.3) is 5.91 Å². The van der Waals surface area contributed by atoms with E-state index in [1.807, 2.05) is 28.5 Å². The maximum atomic E-state index is 12.3. The molecule has 0 radical (unpaired) electrons. The second-order valence-corrected chi connectivity index (χ2v) is 5.59. The smallest absolute Gasteiger partial charge is 0.266 e. The molecule has 2 N–H and O–H groups in total. The number of rotatable bonds is 2. The van der Waals surface area contributed by atoms with Gasteiger partial charge < -0.3 is 15.5 Å². The van der Waals surface area contributed by atoms with Crippen molar-refractivity contribution >= 4 is 28.7 Å². The Morgan fingerprint density at radius 3 is 2.60 bits per heavy atom. The number of pyridine rings is 1.